The van der Waals surface area contributed by atoms with Crippen molar-refractivity contribution in [2.45, 2.75) is 19.8 Å². The topological polar surface area (TPSA) is 41.1 Å². The molecule has 0 unspecified atom stereocenters. The highest BCUT2D eigenvalue weighted by Gasteiger charge is 2.20. The molecule has 18 heavy (non-hydrogen) atoms. The molecule has 0 spiro atoms. The number of benzene rings is 1. The number of carbonyl (C=O) groups excluding carboxylic acids is 1. The van der Waals surface area contributed by atoms with Gasteiger partial charge >= 0.3 is 0 Å². The van der Waals surface area contributed by atoms with Crippen molar-refractivity contribution in [1.82, 2.24) is 5.32 Å². The molecular formula is C13H18BrClN2O. The first-order valence-corrected chi connectivity index (χ1v) is 6.74. The molecule has 1 aromatic carbocycles. The molecule has 1 saturated heterocycles. The summed E-state index contributed by atoms with van der Waals surface area (Å²) in [6, 6.07) is 5.87. The van der Waals surface area contributed by atoms with Gasteiger partial charge in [-0.1, -0.05) is 15.9 Å². The number of aryl methyl sites for hydroxylation is 1. The van der Waals surface area contributed by atoms with Gasteiger partial charge in [-0.2, -0.15) is 0 Å². The molecular weight excluding hydrogens is 316 g/mol. The van der Waals surface area contributed by atoms with Crippen LogP contribution in [0.4, 0.5) is 5.69 Å². The van der Waals surface area contributed by atoms with Crippen molar-refractivity contribution in [3.8, 4) is 0 Å². The van der Waals surface area contributed by atoms with Crippen molar-refractivity contribution in [3.05, 3.63) is 28.2 Å². The van der Waals surface area contributed by atoms with Crippen LogP contribution in [0.5, 0.6) is 0 Å². The number of rotatable bonds is 2. The minimum atomic E-state index is 0. The fourth-order valence-corrected chi connectivity index (χ4v) is 2.29. The molecule has 1 aromatic rings. The standard InChI is InChI=1S/C13H17BrN2O.ClH/c1-9-7-11(4-5-12(9)14)16-13(17)10-3-2-6-15-8-10;/h4-5,7,10,15H,2-3,6,8H2,1H3,(H,16,17);1H/t10-;/m1./s1. The van der Waals surface area contributed by atoms with E-state index in [0.717, 1.165) is 41.7 Å². The van der Waals surface area contributed by atoms with Gasteiger partial charge < -0.3 is 10.6 Å². The van der Waals surface area contributed by atoms with Crippen LogP contribution in [0.25, 0.3) is 0 Å². The van der Waals surface area contributed by atoms with Crippen LogP contribution in [0.2, 0.25) is 0 Å². The van der Waals surface area contributed by atoms with Crippen LogP contribution >= 0.6 is 28.3 Å². The number of carbonyl (C=O) groups is 1. The van der Waals surface area contributed by atoms with E-state index in [1.54, 1.807) is 0 Å². The van der Waals surface area contributed by atoms with Gasteiger partial charge in [-0.25, -0.2) is 0 Å². The van der Waals surface area contributed by atoms with Crippen LogP contribution in [0.15, 0.2) is 22.7 Å². The molecule has 100 valence electrons. The lowest BCUT2D eigenvalue weighted by atomic mass is 9.99. The van der Waals surface area contributed by atoms with E-state index in [1.807, 2.05) is 25.1 Å². The predicted octanol–water partition coefficient (Wildman–Crippen LogP) is 3.12. The Morgan fingerprint density at radius 2 is 2.28 bits per heavy atom. The molecule has 1 amide bonds. The summed E-state index contributed by atoms with van der Waals surface area (Å²) in [4.78, 5) is 12.0. The van der Waals surface area contributed by atoms with Gasteiger partial charge in [0.25, 0.3) is 0 Å². The Morgan fingerprint density at radius 3 is 2.89 bits per heavy atom. The summed E-state index contributed by atoms with van der Waals surface area (Å²) in [6.07, 6.45) is 2.06. The molecule has 1 atom stereocenters. The van der Waals surface area contributed by atoms with Gasteiger partial charge in [0.1, 0.15) is 0 Å². The van der Waals surface area contributed by atoms with Crippen molar-refractivity contribution in [2.75, 3.05) is 18.4 Å². The van der Waals surface area contributed by atoms with Crippen LogP contribution in [0, 0.1) is 12.8 Å². The minimum absolute atomic E-state index is 0. The SMILES string of the molecule is Cc1cc(NC(=O)[C@@H]2CCCNC2)ccc1Br.Cl. The van der Waals surface area contributed by atoms with Gasteiger partial charge in [-0.3, -0.25) is 4.79 Å². The van der Waals surface area contributed by atoms with Crippen molar-refractivity contribution < 1.29 is 4.79 Å². The normalized spacial score (nSPS) is 18.9. The average Bonchev–Trinajstić information content (AvgIpc) is 2.35. The third kappa shape index (κ3) is 3.97. The van der Waals surface area contributed by atoms with Gasteiger partial charge in [0, 0.05) is 16.7 Å². The van der Waals surface area contributed by atoms with E-state index < -0.39 is 0 Å². The molecule has 0 bridgehead atoms. The van der Waals surface area contributed by atoms with E-state index in [-0.39, 0.29) is 24.2 Å². The maximum absolute atomic E-state index is 12.0. The third-order valence-electron chi connectivity index (χ3n) is 3.09. The Hall–Kier alpha value is -0.580. The molecule has 1 aliphatic rings. The summed E-state index contributed by atoms with van der Waals surface area (Å²) in [5, 5.41) is 6.23. The molecule has 1 heterocycles. The van der Waals surface area contributed by atoms with Crippen molar-refractivity contribution in [1.29, 1.82) is 0 Å². The molecule has 1 fully saturated rings. The lowest BCUT2D eigenvalue weighted by Crippen LogP contribution is -2.37. The van der Waals surface area contributed by atoms with Crippen LogP contribution in [-0.4, -0.2) is 19.0 Å². The van der Waals surface area contributed by atoms with E-state index in [0.29, 0.717) is 0 Å². The smallest absolute Gasteiger partial charge is 0.228 e. The third-order valence-corrected chi connectivity index (χ3v) is 3.98. The van der Waals surface area contributed by atoms with E-state index in [4.69, 9.17) is 0 Å². The van der Waals surface area contributed by atoms with E-state index in [1.165, 1.54) is 0 Å². The molecule has 0 saturated carbocycles. The number of nitrogens with one attached hydrogen (secondary N) is 2. The molecule has 1 aliphatic heterocycles. The molecule has 2 rings (SSSR count). The Labute approximate surface area is 122 Å². The first kappa shape index (κ1) is 15.5. The highest BCUT2D eigenvalue weighted by atomic mass is 79.9. The number of piperidine rings is 1. The summed E-state index contributed by atoms with van der Waals surface area (Å²) in [5.41, 5.74) is 2.01. The summed E-state index contributed by atoms with van der Waals surface area (Å²) in [7, 11) is 0. The van der Waals surface area contributed by atoms with Crippen molar-refractivity contribution >= 4 is 39.9 Å². The predicted molar refractivity (Wildman–Crippen MR) is 80.4 cm³/mol. The summed E-state index contributed by atoms with van der Waals surface area (Å²) in [5.74, 6) is 0.228. The lowest BCUT2D eigenvalue weighted by molar-refractivity contribution is -0.120. The second-order valence-corrected chi connectivity index (χ2v) is 5.35. The Morgan fingerprint density at radius 1 is 1.50 bits per heavy atom. The first-order chi connectivity index (χ1) is 8.16. The van der Waals surface area contributed by atoms with Gasteiger partial charge in [0.05, 0.1) is 5.92 Å². The number of anilines is 1. The Bertz CT molecular complexity index is 419. The maximum atomic E-state index is 12.0. The summed E-state index contributed by atoms with van der Waals surface area (Å²) >= 11 is 3.45. The van der Waals surface area contributed by atoms with Crippen LogP contribution in [-0.2, 0) is 4.79 Å². The van der Waals surface area contributed by atoms with Crippen molar-refractivity contribution in [2.24, 2.45) is 5.92 Å². The number of hydrogen-bond acceptors (Lipinski definition) is 2. The fourth-order valence-electron chi connectivity index (χ4n) is 2.04. The maximum Gasteiger partial charge on any atom is 0.228 e. The highest BCUT2D eigenvalue weighted by Crippen LogP contribution is 2.21. The monoisotopic (exact) mass is 332 g/mol. The zero-order chi connectivity index (χ0) is 12.3. The van der Waals surface area contributed by atoms with E-state index in [9.17, 15) is 4.79 Å². The summed E-state index contributed by atoms with van der Waals surface area (Å²) < 4.78 is 1.06. The zero-order valence-corrected chi connectivity index (χ0v) is 12.7. The van der Waals surface area contributed by atoms with Crippen molar-refractivity contribution in [3.63, 3.8) is 0 Å². The second kappa shape index (κ2) is 7.12. The largest absolute Gasteiger partial charge is 0.326 e. The molecule has 2 N–H and O–H groups in total. The molecule has 0 aliphatic carbocycles. The van der Waals surface area contributed by atoms with E-state index >= 15 is 0 Å². The number of hydrogen-bond donors (Lipinski definition) is 2. The van der Waals surface area contributed by atoms with Gasteiger partial charge in [0.2, 0.25) is 5.91 Å². The second-order valence-electron chi connectivity index (χ2n) is 4.50. The molecule has 3 nitrogen and oxygen atoms in total. The molecule has 0 aromatic heterocycles. The Kier molecular flexibility index (Phi) is 6.12. The first-order valence-electron chi connectivity index (χ1n) is 5.94. The lowest BCUT2D eigenvalue weighted by Gasteiger charge is -2.22. The van der Waals surface area contributed by atoms with Gasteiger partial charge in [-0.15, -0.1) is 12.4 Å². The molecule has 5 heteroatoms. The van der Waals surface area contributed by atoms with Crippen LogP contribution < -0.4 is 10.6 Å². The quantitative estimate of drug-likeness (QED) is 0.873. The molecule has 0 radical (unpaired) electrons. The van der Waals surface area contributed by atoms with Gasteiger partial charge in [0.15, 0.2) is 0 Å². The number of amides is 1. The summed E-state index contributed by atoms with van der Waals surface area (Å²) in [6.45, 7) is 3.84. The Balaban J connectivity index is 0.00000162. The highest BCUT2D eigenvalue weighted by molar-refractivity contribution is 9.10. The number of halogens is 2. The fraction of sp³-hybridized carbons (Fsp3) is 0.462. The van der Waals surface area contributed by atoms with Gasteiger partial charge in [-0.05, 0) is 50.1 Å². The van der Waals surface area contributed by atoms with Crippen LogP contribution in [0.3, 0.4) is 0 Å². The minimum Gasteiger partial charge on any atom is -0.326 e. The zero-order valence-electron chi connectivity index (χ0n) is 10.3. The van der Waals surface area contributed by atoms with E-state index in [2.05, 4.69) is 26.6 Å². The average molecular weight is 334 g/mol. The van der Waals surface area contributed by atoms with Crippen LogP contribution in [0.1, 0.15) is 18.4 Å².